The van der Waals surface area contributed by atoms with Crippen LogP contribution in [0.15, 0.2) is 21.5 Å². The summed E-state index contributed by atoms with van der Waals surface area (Å²) in [5, 5.41) is 0. The molecule has 0 bridgehead atoms. The highest BCUT2D eigenvalue weighted by Gasteiger charge is 2.06. The smallest absolute Gasteiger partial charge is 0.253 e. The number of nitrogens with one attached hydrogen (secondary N) is 1. The molecule has 88 valence electrons. The molecule has 0 unspecified atom stereocenters. The van der Waals surface area contributed by atoms with Gasteiger partial charge in [-0.15, -0.1) is 11.8 Å². The molecule has 1 rings (SSSR count). The van der Waals surface area contributed by atoms with Crippen LogP contribution in [0, 0.1) is 13.8 Å². The Bertz CT molecular complexity index is 396. The van der Waals surface area contributed by atoms with Crippen molar-refractivity contribution in [3.8, 4) is 0 Å². The molecule has 0 heterocycles. The number of halogens is 1. The Morgan fingerprint density at radius 2 is 2.12 bits per heavy atom. The molecule has 0 radical (unpaired) electrons. The van der Waals surface area contributed by atoms with Gasteiger partial charge in [0.25, 0.3) is 5.91 Å². The van der Waals surface area contributed by atoms with Crippen LogP contribution in [-0.2, 0) is 9.63 Å². The van der Waals surface area contributed by atoms with Gasteiger partial charge in [0.1, 0.15) is 0 Å². The van der Waals surface area contributed by atoms with Crippen LogP contribution < -0.4 is 5.48 Å². The van der Waals surface area contributed by atoms with Crippen molar-refractivity contribution in [2.75, 3.05) is 12.9 Å². The Hall–Kier alpha value is -0.520. The SMILES string of the molecule is CONC(=O)CSc1cc(C)c(Br)cc1C. The van der Waals surface area contributed by atoms with Gasteiger partial charge in [-0.1, -0.05) is 15.9 Å². The number of hydrogen-bond donors (Lipinski definition) is 1. The molecule has 0 fully saturated rings. The molecule has 0 saturated heterocycles. The fraction of sp³-hybridized carbons (Fsp3) is 0.364. The van der Waals surface area contributed by atoms with Crippen molar-refractivity contribution in [3.05, 3.63) is 27.7 Å². The van der Waals surface area contributed by atoms with E-state index in [1.54, 1.807) is 0 Å². The first-order valence-electron chi connectivity index (χ1n) is 4.76. The summed E-state index contributed by atoms with van der Waals surface area (Å²) >= 11 is 4.98. The number of hydroxylamine groups is 1. The standard InChI is InChI=1S/C11H14BrNO2S/c1-7-5-10(8(2)4-9(7)12)16-6-11(14)13-15-3/h4-5H,6H2,1-3H3,(H,13,14). The molecule has 1 N–H and O–H groups in total. The molecule has 5 heteroatoms. The third-order valence-electron chi connectivity index (χ3n) is 2.03. The van der Waals surface area contributed by atoms with Gasteiger partial charge < -0.3 is 0 Å². The van der Waals surface area contributed by atoms with Crippen LogP contribution >= 0.6 is 27.7 Å². The Morgan fingerprint density at radius 3 is 2.75 bits per heavy atom. The van der Waals surface area contributed by atoms with E-state index in [1.807, 2.05) is 13.8 Å². The predicted octanol–water partition coefficient (Wildman–Crippen LogP) is 2.84. The van der Waals surface area contributed by atoms with Gasteiger partial charge in [-0.05, 0) is 37.1 Å². The minimum absolute atomic E-state index is 0.132. The van der Waals surface area contributed by atoms with Crippen molar-refractivity contribution in [2.24, 2.45) is 0 Å². The lowest BCUT2D eigenvalue weighted by Gasteiger charge is -2.08. The van der Waals surface area contributed by atoms with E-state index >= 15 is 0 Å². The summed E-state index contributed by atoms with van der Waals surface area (Å²) in [5.41, 5.74) is 4.62. The quantitative estimate of drug-likeness (QED) is 0.686. The predicted molar refractivity (Wildman–Crippen MR) is 69.5 cm³/mol. The van der Waals surface area contributed by atoms with Gasteiger partial charge in [0.2, 0.25) is 0 Å². The van der Waals surface area contributed by atoms with E-state index in [2.05, 4.69) is 38.4 Å². The summed E-state index contributed by atoms with van der Waals surface area (Å²) in [7, 11) is 1.43. The molecular weight excluding hydrogens is 290 g/mol. The molecule has 0 saturated carbocycles. The van der Waals surface area contributed by atoms with Crippen LogP contribution in [-0.4, -0.2) is 18.8 Å². The van der Waals surface area contributed by atoms with Crippen LogP contribution in [0.4, 0.5) is 0 Å². The fourth-order valence-corrected chi connectivity index (χ4v) is 2.55. The number of thioether (sulfide) groups is 1. The van der Waals surface area contributed by atoms with Crippen molar-refractivity contribution in [2.45, 2.75) is 18.7 Å². The Morgan fingerprint density at radius 1 is 1.44 bits per heavy atom. The highest BCUT2D eigenvalue weighted by atomic mass is 79.9. The minimum atomic E-state index is -0.132. The maximum atomic E-state index is 11.2. The molecule has 0 spiro atoms. The van der Waals surface area contributed by atoms with Crippen molar-refractivity contribution < 1.29 is 9.63 Å². The Kier molecular flexibility index (Phi) is 5.31. The van der Waals surface area contributed by atoms with Crippen molar-refractivity contribution in [3.63, 3.8) is 0 Å². The highest BCUT2D eigenvalue weighted by Crippen LogP contribution is 2.28. The number of aryl methyl sites for hydroxylation is 2. The zero-order valence-corrected chi connectivity index (χ0v) is 11.9. The minimum Gasteiger partial charge on any atom is -0.277 e. The molecule has 0 aliphatic rings. The summed E-state index contributed by atoms with van der Waals surface area (Å²) in [5.74, 6) is 0.225. The van der Waals surface area contributed by atoms with Crippen LogP contribution in [0.1, 0.15) is 11.1 Å². The highest BCUT2D eigenvalue weighted by molar-refractivity contribution is 9.10. The maximum absolute atomic E-state index is 11.2. The van der Waals surface area contributed by atoms with E-state index < -0.39 is 0 Å². The summed E-state index contributed by atoms with van der Waals surface area (Å²) in [6.07, 6.45) is 0. The first-order valence-corrected chi connectivity index (χ1v) is 6.54. The Balaban J connectivity index is 2.67. The van der Waals surface area contributed by atoms with Crippen LogP contribution in [0.2, 0.25) is 0 Å². The lowest BCUT2D eigenvalue weighted by molar-refractivity contribution is -0.128. The van der Waals surface area contributed by atoms with E-state index in [-0.39, 0.29) is 5.91 Å². The molecule has 1 amide bonds. The molecule has 0 atom stereocenters. The molecule has 0 aliphatic carbocycles. The van der Waals surface area contributed by atoms with Gasteiger partial charge in [0.15, 0.2) is 0 Å². The van der Waals surface area contributed by atoms with E-state index in [4.69, 9.17) is 0 Å². The van der Waals surface area contributed by atoms with Crippen molar-refractivity contribution in [1.29, 1.82) is 0 Å². The van der Waals surface area contributed by atoms with Crippen molar-refractivity contribution in [1.82, 2.24) is 5.48 Å². The van der Waals surface area contributed by atoms with E-state index in [1.165, 1.54) is 24.4 Å². The summed E-state index contributed by atoms with van der Waals surface area (Å²) in [6, 6.07) is 4.13. The molecule has 0 aliphatic heterocycles. The fourth-order valence-electron chi connectivity index (χ4n) is 1.20. The Labute approximate surface area is 108 Å². The number of benzene rings is 1. The maximum Gasteiger partial charge on any atom is 0.253 e. The normalized spacial score (nSPS) is 10.2. The number of rotatable bonds is 4. The molecule has 1 aromatic carbocycles. The average molecular weight is 304 g/mol. The number of carbonyl (C=O) groups is 1. The number of carbonyl (C=O) groups excluding carboxylic acids is 1. The van der Waals surface area contributed by atoms with Gasteiger partial charge in [-0.25, -0.2) is 5.48 Å². The lowest BCUT2D eigenvalue weighted by Crippen LogP contribution is -2.23. The van der Waals surface area contributed by atoms with Crippen molar-refractivity contribution >= 4 is 33.6 Å². The first kappa shape index (κ1) is 13.5. The number of amides is 1. The van der Waals surface area contributed by atoms with Crippen LogP contribution in [0.25, 0.3) is 0 Å². The second-order valence-electron chi connectivity index (χ2n) is 3.38. The lowest BCUT2D eigenvalue weighted by atomic mass is 10.2. The molecule has 1 aromatic rings. The van der Waals surface area contributed by atoms with Crippen LogP contribution in [0.3, 0.4) is 0 Å². The first-order chi connectivity index (χ1) is 7.54. The zero-order chi connectivity index (χ0) is 12.1. The van der Waals surface area contributed by atoms with Crippen LogP contribution in [0.5, 0.6) is 0 Å². The zero-order valence-electron chi connectivity index (χ0n) is 9.46. The topological polar surface area (TPSA) is 38.3 Å². The third kappa shape index (κ3) is 3.81. The average Bonchev–Trinajstić information content (AvgIpc) is 2.22. The molecular formula is C11H14BrNO2S. The summed E-state index contributed by atoms with van der Waals surface area (Å²) in [6.45, 7) is 4.06. The largest absolute Gasteiger partial charge is 0.277 e. The van der Waals surface area contributed by atoms with Gasteiger partial charge in [-0.3, -0.25) is 9.63 Å². The van der Waals surface area contributed by atoms with Gasteiger partial charge >= 0.3 is 0 Å². The monoisotopic (exact) mass is 303 g/mol. The van der Waals surface area contributed by atoms with Gasteiger partial charge in [0, 0.05) is 9.37 Å². The van der Waals surface area contributed by atoms with E-state index in [0.29, 0.717) is 5.75 Å². The number of hydrogen-bond acceptors (Lipinski definition) is 3. The molecule has 0 aromatic heterocycles. The van der Waals surface area contributed by atoms with E-state index in [0.717, 1.165) is 14.9 Å². The summed E-state index contributed by atoms with van der Waals surface area (Å²) in [4.78, 5) is 16.9. The van der Waals surface area contributed by atoms with Gasteiger partial charge in [-0.2, -0.15) is 0 Å². The van der Waals surface area contributed by atoms with E-state index in [9.17, 15) is 4.79 Å². The molecule has 3 nitrogen and oxygen atoms in total. The summed E-state index contributed by atoms with van der Waals surface area (Å²) < 4.78 is 1.09. The second-order valence-corrected chi connectivity index (χ2v) is 5.26. The van der Waals surface area contributed by atoms with Gasteiger partial charge in [0.05, 0.1) is 12.9 Å². The second kappa shape index (κ2) is 6.27. The third-order valence-corrected chi connectivity index (χ3v) is 4.04. The molecule has 16 heavy (non-hydrogen) atoms.